The molecule has 1 aliphatic heterocycles. The Labute approximate surface area is 139 Å². The zero-order valence-corrected chi connectivity index (χ0v) is 15.5. The fourth-order valence-electron chi connectivity index (χ4n) is 2.22. The van der Waals surface area contributed by atoms with Gasteiger partial charge in [-0.2, -0.15) is 0 Å². The highest BCUT2D eigenvalue weighted by Gasteiger charge is 2.52. The maximum atomic E-state index is 6.37. The molecule has 1 heterocycles. The van der Waals surface area contributed by atoms with E-state index in [9.17, 15) is 0 Å². The van der Waals surface area contributed by atoms with E-state index in [-0.39, 0.29) is 16.7 Å². The molecule has 0 radical (unpaired) electrons. The molecule has 122 valence electrons. The molecule has 0 amide bonds. The molecule has 1 fully saturated rings. The van der Waals surface area contributed by atoms with Crippen LogP contribution in [0.15, 0.2) is 18.2 Å². The normalized spacial score (nSPS) is 20.5. The summed E-state index contributed by atoms with van der Waals surface area (Å²) >= 11 is 6.37. The second kappa shape index (κ2) is 5.83. The van der Waals surface area contributed by atoms with Gasteiger partial charge in [0.1, 0.15) is 0 Å². The van der Waals surface area contributed by atoms with Gasteiger partial charge in [-0.3, -0.25) is 0 Å². The van der Waals surface area contributed by atoms with Crippen LogP contribution in [-0.2, 0) is 15.9 Å². The average Bonchev–Trinajstić information content (AvgIpc) is 2.56. The molecule has 1 aliphatic rings. The SMILES string of the molecule is CC(C)(C)NCc1ccc(Cl)c(B2OC(C)(C)C(C)(C)O2)c1. The van der Waals surface area contributed by atoms with Crippen LogP contribution >= 0.6 is 11.6 Å². The quantitative estimate of drug-likeness (QED) is 0.863. The lowest BCUT2D eigenvalue weighted by molar-refractivity contribution is 0.00578. The highest BCUT2D eigenvalue weighted by Crippen LogP contribution is 2.37. The topological polar surface area (TPSA) is 30.5 Å². The van der Waals surface area contributed by atoms with Crippen LogP contribution in [0.5, 0.6) is 0 Å². The Kier molecular flexibility index (Phi) is 4.71. The predicted octanol–water partition coefficient (Wildman–Crippen LogP) is 3.53. The number of rotatable bonds is 3. The van der Waals surface area contributed by atoms with Gasteiger partial charge < -0.3 is 14.6 Å². The average molecular weight is 324 g/mol. The maximum Gasteiger partial charge on any atom is 0.496 e. The number of halogens is 1. The van der Waals surface area contributed by atoms with E-state index in [2.05, 4.69) is 32.2 Å². The standard InChI is InChI=1S/C17H27BClNO2/c1-15(2,3)20-11-12-8-9-14(19)13(10-12)18-21-16(4,5)17(6,7)22-18/h8-10,20H,11H2,1-7H3. The van der Waals surface area contributed by atoms with Crippen molar-refractivity contribution >= 4 is 24.2 Å². The zero-order chi connectivity index (χ0) is 16.8. The number of benzene rings is 1. The molecule has 0 bridgehead atoms. The molecule has 0 spiro atoms. The van der Waals surface area contributed by atoms with E-state index in [4.69, 9.17) is 20.9 Å². The summed E-state index contributed by atoms with van der Waals surface area (Å²) in [4.78, 5) is 0. The Morgan fingerprint density at radius 1 is 1.09 bits per heavy atom. The predicted molar refractivity (Wildman–Crippen MR) is 93.8 cm³/mol. The molecule has 0 aromatic heterocycles. The van der Waals surface area contributed by atoms with Crippen LogP contribution < -0.4 is 10.8 Å². The maximum absolute atomic E-state index is 6.37. The van der Waals surface area contributed by atoms with Gasteiger partial charge in [0.25, 0.3) is 0 Å². The Bertz CT molecular complexity index is 536. The van der Waals surface area contributed by atoms with Crippen molar-refractivity contribution in [1.29, 1.82) is 0 Å². The highest BCUT2D eigenvalue weighted by molar-refractivity contribution is 6.65. The third-order valence-corrected chi connectivity index (χ3v) is 4.73. The summed E-state index contributed by atoms with van der Waals surface area (Å²) in [5, 5.41) is 4.16. The second-order valence-corrected chi connectivity index (χ2v) is 8.45. The molecular formula is C17H27BClNO2. The summed E-state index contributed by atoms with van der Waals surface area (Å²) in [7, 11) is -0.424. The third-order valence-electron chi connectivity index (χ3n) is 4.39. The number of hydrogen-bond donors (Lipinski definition) is 1. The van der Waals surface area contributed by atoms with E-state index >= 15 is 0 Å². The molecule has 22 heavy (non-hydrogen) atoms. The molecular weight excluding hydrogens is 296 g/mol. The van der Waals surface area contributed by atoms with Gasteiger partial charge in [0, 0.05) is 22.6 Å². The monoisotopic (exact) mass is 323 g/mol. The van der Waals surface area contributed by atoms with Crippen LogP contribution in [-0.4, -0.2) is 23.9 Å². The molecule has 2 rings (SSSR count). The first-order chi connectivity index (χ1) is 9.91. The van der Waals surface area contributed by atoms with E-state index in [1.165, 1.54) is 5.56 Å². The lowest BCUT2D eigenvalue weighted by Gasteiger charge is -2.32. The summed E-state index contributed by atoms with van der Waals surface area (Å²) in [6, 6.07) is 6.03. The Hall–Kier alpha value is -0.545. The van der Waals surface area contributed by atoms with E-state index in [1.807, 2.05) is 39.8 Å². The van der Waals surface area contributed by atoms with Crippen LogP contribution in [0, 0.1) is 0 Å². The third kappa shape index (κ3) is 3.86. The van der Waals surface area contributed by atoms with Gasteiger partial charge >= 0.3 is 7.12 Å². The van der Waals surface area contributed by atoms with Crippen LogP contribution in [0.1, 0.15) is 54.0 Å². The van der Waals surface area contributed by atoms with Gasteiger partial charge in [-0.15, -0.1) is 0 Å². The molecule has 1 saturated heterocycles. The first-order valence-electron chi connectivity index (χ1n) is 7.80. The minimum absolute atomic E-state index is 0.0736. The van der Waals surface area contributed by atoms with Crippen molar-refractivity contribution < 1.29 is 9.31 Å². The van der Waals surface area contributed by atoms with Gasteiger partial charge in [-0.1, -0.05) is 23.7 Å². The number of hydrogen-bond acceptors (Lipinski definition) is 3. The lowest BCUT2D eigenvalue weighted by atomic mass is 9.78. The van der Waals surface area contributed by atoms with Gasteiger partial charge in [-0.05, 0) is 60.1 Å². The molecule has 3 nitrogen and oxygen atoms in total. The summed E-state index contributed by atoms with van der Waals surface area (Å²) in [6.07, 6.45) is 0. The molecule has 0 aliphatic carbocycles. The van der Waals surface area contributed by atoms with Crippen molar-refractivity contribution in [2.45, 2.75) is 71.8 Å². The van der Waals surface area contributed by atoms with Crippen LogP contribution in [0.25, 0.3) is 0 Å². The second-order valence-electron chi connectivity index (χ2n) is 8.05. The summed E-state index contributed by atoms with van der Waals surface area (Å²) < 4.78 is 12.2. The Morgan fingerprint density at radius 2 is 1.64 bits per heavy atom. The highest BCUT2D eigenvalue weighted by atomic mass is 35.5. The molecule has 0 saturated carbocycles. The fourth-order valence-corrected chi connectivity index (χ4v) is 2.43. The molecule has 5 heteroatoms. The van der Waals surface area contributed by atoms with Crippen molar-refractivity contribution in [3.63, 3.8) is 0 Å². The van der Waals surface area contributed by atoms with Crippen molar-refractivity contribution in [2.24, 2.45) is 0 Å². The van der Waals surface area contributed by atoms with E-state index in [1.54, 1.807) is 0 Å². The molecule has 0 unspecified atom stereocenters. The molecule has 1 N–H and O–H groups in total. The van der Waals surface area contributed by atoms with Crippen molar-refractivity contribution in [3.05, 3.63) is 28.8 Å². The minimum Gasteiger partial charge on any atom is -0.399 e. The van der Waals surface area contributed by atoms with Gasteiger partial charge in [0.05, 0.1) is 11.2 Å². The zero-order valence-electron chi connectivity index (χ0n) is 14.7. The summed E-state index contributed by atoms with van der Waals surface area (Å²) in [6.45, 7) is 15.4. The van der Waals surface area contributed by atoms with E-state index in [0.717, 1.165) is 12.0 Å². The largest absolute Gasteiger partial charge is 0.496 e. The molecule has 1 aromatic carbocycles. The van der Waals surface area contributed by atoms with E-state index < -0.39 is 7.12 Å². The summed E-state index contributed by atoms with van der Waals surface area (Å²) in [5.74, 6) is 0. The summed E-state index contributed by atoms with van der Waals surface area (Å²) in [5.41, 5.74) is 1.42. The van der Waals surface area contributed by atoms with Gasteiger partial charge in [0.2, 0.25) is 0 Å². The first kappa shape index (κ1) is 17.8. The molecule has 0 atom stereocenters. The molecule has 1 aromatic rings. The van der Waals surface area contributed by atoms with Crippen molar-refractivity contribution in [1.82, 2.24) is 5.32 Å². The number of nitrogens with one attached hydrogen (secondary N) is 1. The smallest absolute Gasteiger partial charge is 0.399 e. The first-order valence-corrected chi connectivity index (χ1v) is 8.18. The van der Waals surface area contributed by atoms with Crippen LogP contribution in [0.4, 0.5) is 0 Å². The van der Waals surface area contributed by atoms with E-state index in [0.29, 0.717) is 5.02 Å². The van der Waals surface area contributed by atoms with Gasteiger partial charge in [0.15, 0.2) is 0 Å². The lowest BCUT2D eigenvalue weighted by Crippen LogP contribution is -2.41. The minimum atomic E-state index is -0.424. The fraction of sp³-hybridized carbons (Fsp3) is 0.647. The Morgan fingerprint density at radius 3 is 2.14 bits per heavy atom. The van der Waals surface area contributed by atoms with Crippen LogP contribution in [0.3, 0.4) is 0 Å². The Balaban J connectivity index is 2.21. The van der Waals surface area contributed by atoms with Crippen molar-refractivity contribution in [2.75, 3.05) is 0 Å². The van der Waals surface area contributed by atoms with Gasteiger partial charge in [-0.25, -0.2) is 0 Å². The van der Waals surface area contributed by atoms with Crippen LogP contribution in [0.2, 0.25) is 5.02 Å². The van der Waals surface area contributed by atoms with Crippen molar-refractivity contribution in [3.8, 4) is 0 Å².